The highest BCUT2D eigenvalue weighted by Gasteiger charge is 2.12. The van der Waals surface area contributed by atoms with E-state index in [9.17, 15) is 0 Å². The number of rotatable bonds is 4. The third kappa shape index (κ3) is 3.47. The number of fused-ring (bicyclic) bond motifs is 1. The van der Waals surface area contributed by atoms with Crippen LogP contribution in [-0.4, -0.2) is 20.3 Å². The Morgan fingerprint density at radius 1 is 1.10 bits per heavy atom. The summed E-state index contributed by atoms with van der Waals surface area (Å²) in [5.74, 6) is 3.41. The Bertz CT molecular complexity index is 645. The Morgan fingerprint density at radius 2 is 1.90 bits per heavy atom. The molecular formula is C16H15BrO3S. The first-order valence-electron chi connectivity index (χ1n) is 6.61. The van der Waals surface area contributed by atoms with E-state index in [1.165, 1.54) is 10.5 Å². The van der Waals surface area contributed by atoms with Crippen LogP contribution in [0.4, 0.5) is 0 Å². The van der Waals surface area contributed by atoms with Gasteiger partial charge in [-0.2, -0.15) is 0 Å². The lowest BCUT2D eigenvalue weighted by atomic mass is 10.2. The van der Waals surface area contributed by atoms with Crippen LogP contribution in [-0.2, 0) is 5.75 Å². The van der Waals surface area contributed by atoms with Crippen LogP contribution >= 0.6 is 27.7 Å². The van der Waals surface area contributed by atoms with Crippen molar-refractivity contribution in [3.05, 3.63) is 46.4 Å². The minimum absolute atomic E-state index is 0.618. The molecule has 0 bridgehead atoms. The first-order chi connectivity index (χ1) is 10.3. The quantitative estimate of drug-likeness (QED) is 0.743. The minimum Gasteiger partial charge on any atom is -0.496 e. The molecule has 0 atom stereocenters. The van der Waals surface area contributed by atoms with Gasteiger partial charge in [-0.25, -0.2) is 0 Å². The summed E-state index contributed by atoms with van der Waals surface area (Å²) < 4.78 is 17.3. The van der Waals surface area contributed by atoms with Crippen LogP contribution in [0.3, 0.4) is 0 Å². The van der Waals surface area contributed by atoms with Crippen molar-refractivity contribution in [3.8, 4) is 17.2 Å². The van der Waals surface area contributed by atoms with Crippen molar-refractivity contribution in [1.82, 2.24) is 0 Å². The highest BCUT2D eigenvalue weighted by atomic mass is 79.9. The van der Waals surface area contributed by atoms with Gasteiger partial charge in [-0.1, -0.05) is 6.07 Å². The zero-order valence-electron chi connectivity index (χ0n) is 11.6. The molecule has 5 heteroatoms. The monoisotopic (exact) mass is 366 g/mol. The molecule has 2 aromatic carbocycles. The topological polar surface area (TPSA) is 27.7 Å². The second-order valence-electron chi connectivity index (χ2n) is 4.56. The van der Waals surface area contributed by atoms with Crippen LogP contribution in [0.2, 0.25) is 0 Å². The molecule has 0 unspecified atom stereocenters. The molecule has 0 amide bonds. The SMILES string of the molecule is COc1ccc(CSc2ccc3c(c2)OCCO3)cc1Br. The number of benzene rings is 2. The van der Waals surface area contributed by atoms with Gasteiger partial charge < -0.3 is 14.2 Å². The first kappa shape index (κ1) is 14.6. The largest absolute Gasteiger partial charge is 0.496 e. The lowest BCUT2D eigenvalue weighted by molar-refractivity contribution is 0.171. The maximum absolute atomic E-state index is 5.60. The van der Waals surface area contributed by atoms with Gasteiger partial charge in [0.1, 0.15) is 19.0 Å². The summed E-state index contributed by atoms with van der Waals surface area (Å²) in [5.41, 5.74) is 1.24. The fourth-order valence-corrected chi connectivity index (χ4v) is 3.54. The molecule has 3 nitrogen and oxygen atoms in total. The second-order valence-corrected chi connectivity index (χ2v) is 6.47. The van der Waals surface area contributed by atoms with E-state index in [0.29, 0.717) is 13.2 Å². The Kier molecular flexibility index (Phi) is 4.60. The summed E-state index contributed by atoms with van der Waals surface area (Å²) >= 11 is 5.28. The van der Waals surface area contributed by atoms with Gasteiger partial charge in [0.15, 0.2) is 11.5 Å². The maximum Gasteiger partial charge on any atom is 0.162 e. The lowest BCUT2D eigenvalue weighted by Gasteiger charge is -2.18. The molecule has 0 aromatic heterocycles. The molecule has 0 radical (unpaired) electrons. The van der Waals surface area contributed by atoms with Gasteiger partial charge in [0.05, 0.1) is 11.6 Å². The van der Waals surface area contributed by atoms with E-state index in [-0.39, 0.29) is 0 Å². The van der Waals surface area contributed by atoms with Crippen LogP contribution in [0.25, 0.3) is 0 Å². The first-order valence-corrected chi connectivity index (χ1v) is 8.39. The van der Waals surface area contributed by atoms with E-state index in [1.807, 2.05) is 18.2 Å². The van der Waals surface area contributed by atoms with Gasteiger partial charge in [-0.15, -0.1) is 11.8 Å². The van der Waals surface area contributed by atoms with Crippen molar-refractivity contribution in [2.45, 2.75) is 10.6 Å². The molecule has 1 aliphatic rings. The van der Waals surface area contributed by atoms with Crippen molar-refractivity contribution in [2.75, 3.05) is 20.3 Å². The average Bonchev–Trinajstić information content (AvgIpc) is 2.53. The van der Waals surface area contributed by atoms with Gasteiger partial charge in [0, 0.05) is 10.6 Å². The van der Waals surface area contributed by atoms with E-state index in [0.717, 1.165) is 27.5 Å². The molecule has 2 aromatic rings. The molecule has 0 spiro atoms. The van der Waals surface area contributed by atoms with Crippen LogP contribution in [0.15, 0.2) is 45.8 Å². The number of thioether (sulfide) groups is 1. The van der Waals surface area contributed by atoms with Crippen LogP contribution in [0, 0.1) is 0 Å². The molecular weight excluding hydrogens is 352 g/mol. The van der Waals surface area contributed by atoms with Crippen LogP contribution < -0.4 is 14.2 Å². The molecule has 110 valence electrons. The zero-order valence-corrected chi connectivity index (χ0v) is 14.0. The number of halogens is 1. The van der Waals surface area contributed by atoms with Crippen molar-refractivity contribution < 1.29 is 14.2 Å². The van der Waals surface area contributed by atoms with Crippen molar-refractivity contribution in [3.63, 3.8) is 0 Å². The fraction of sp³-hybridized carbons (Fsp3) is 0.250. The van der Waals surface area contributed by atoms with Gasteiger partial charge in [-0.05, 0) is 51.8 Å². The zero-order chi connectivity index (χ0) is 14.7. The van der Waals surface area contributed by atoms with Gasteiger partial charge in [0.25, 0.3) is 0 Å². The van der Waals surface area contributed by atoms with Gasteiger partial charge >= 0.3 is 0 Å². The molecule has 3 rings (SSSR count). The number of hydrogen-bond acceptors (Lipinski definition) is 4. The third-order valence-electron chi connectivity index (χ3n) is 3.14. The minimum atomic E-state index is 0.618. The summed E-state index contributed by atoms with van der Waals surface area (Å²) in [5, 5.41) is 0. The van der Waals surface area contributed by atoms with Gasteiger partial charge in [-0.3, -0.25) is 0 Å². The Balaban J connectivity index is 1.68. The summed E-state index contributed by atoms with van der Waals surface area (Å²) in [4.78, 5) is 1.17. The highest BCUT2D eigenvalue weighted by molar-refractivity contribution is 9.10. The summed E-state index contributed by atoms with van der Waals surface area (Å²) in [6.45, 7) is 1.24. The highest BCUT2D eigenvalue weighted by Crippen LogP contribution is 2.35. The molecule has 0 saturated carbocycles. The average molecular weight is 367 g/mol. The molecule has 0 saturated heterocycles. The Hall–Kier alpha value is -1.33. The van der Waals surface area contributed by atoms with Crippen molar-refractivity contribution in [1.29, 1.82) is 0 Å². The normalized spacial score (nSPS) is 13.0. The van der Waals surface area contributed by atoms with Crippen LogP contribution in [0.5, 0.6) is 17.2 Å². The van der Waals surface area contributed by atoms with Gasteiger partial charge in [0.2, 0.25) is 0 Å². The summed E-state index contributed by atoms with van der Waals surface area (Å²) in [7, 11) is 1.67. The number of methoxy groups -OCH3 is 1. The fourth-order valence-electron chi connectivity index (χ4n) is 2.08. The number of ether oxygens (including phenoxy) is 3. The predicted molar refractivity (Wildman–Crippen MR) is 87.7 cm³/mol. The molecule has 1 heterocycles. The Labute approximate surface area is 136 Å². The predicted octanol–water partition coefficient (Wildman–Crippen LogP) is 4.52. The molecule has 1 aliphatic heterocycles. The summed E-state index contributed by atoms with van der Waals surface area (Å²) in [6, 6.07) is 12.2. The van der Waals surface area contributed by atoms with Crippen molar-refractivity contribution >= 4 is 27.7 Å². The smallest absolute Gasteiger partial charge is 0.162 e. The van der Waals surface area contributed by atoms with E-state index in [2.05, 4.69) is 34.1 Å². The van der Waals surface area contributed by atoms with E-state index < -0.39 is 0 Å². The number of hydrogen-bond donors (Lipinski definition) is 0. The standard InChI is InChI=1S/C16H15BrO3S/c1-18-14-4-2-11(8-13(14)17)10-21-12-3-5-15-16(9-12)20-7-6-19-15/h2-5,8-9H,6-7,10H2,1H3. The van der Waals surface area contributed by atoms with Crippen molar-refractivity contribution in [2.24, 2.45) is 0 Å². The lowest BCUT2D eigenvalue weighted by Crippen LogP contribution is -2.15. The summed E-state index contributed by atoms with van der Waals surface area (Å²) in [6.07, 6.45) is 0. The second kappa shape index (κ2) is 6.62. The van der Waals surface area contributed by atoms with Crippen LogP contribution in [0.1, 0.15) is 5.56 Å². The molecule has 0 fully saturated rings. The third-order valence-corrected chi connectivity index (χ3v) is 4.82. The molecule has 21 heavy (non-hydrogen) atoms. The van der Waals surface area contributed by atoms with E-state index >= 15 is 0 Å². The van der Waals surface area contributed by atoms with E-state index in [4.69, 9.17) is 14.2 Å². The maximum atomic E-state index is 5.60. The molecule has 0 aliphatic carbocycles. The molecule has 0 N–H and O–H groups in total. The Morgan fingerprint density at radius 3 is 2.67 bits per heavy atom. The van der Waals surface area contributed by atoms with E-state index in [1.54, 1.807) is 18.9 Å².